The van der Waals surface area contributed by atoms with Crippen molar-refractivity contribution < 1.29 is 4.57 Å². The van der Waals surface area contributed by atoms with Crippen molar-refractivity contribution in [1.29, 1.82) is 0 Å². The van der Waals surface area contributed by atoms with Gasteiger partial charge in [-0.15, -0.1) is 0 Å². The Hall–Kier alpha value is -2.15. The van der Waals surface area contributed by atoms with E-state index in [1.807, 2.05) is 0 Å². The number of fused-ring (bicyclic) bond motifs is 1. The van der Waals surface area contributed by atoms with Gasteiger partial charge in [-0.2, -0.15) is 0 Å². The van der Waals surface area contributed by atoms with Gasteiger partial charge in [0.1, 0.15) is 7.05 Å². The van der Waals surface area contributed by atoms with Gasteiger partial charge in [-0.3, -0.25) is 0 Å². The molecule has 0 bridgehead atoms. The molecule has 0 saturated carbocycles. The Labute approximate surface area is 139 Å². The Morgan fingerprint density at radius 1 is 0.870 bits per heavy atom. The minimum absolute atomic E-state index is 0.543. The normalized spacial score (nSPS) is 11.4. The fraction of sp³-hybridized carbons (Fsp3) is 0.318. The maximum Gasteiger partial charge on any atom is 0.213 e. The molecule has 0 fully saturated rings. The summed E-state index contributed by atoms with van der Waals surface area (Å²) < 4.78 is 2.25. The van der Waals surface area contributed by atoms with Crippen molar-refractivity contribution in [1.82, 2.24) is 0 Å². The lowest BCUT2D eigenvalue weighted by molar-refractivity contribution is -0.659. The van der Waals surface area contributed by atoms with E-state index < -0.39 is 0 Å². The number of benzene rings is 2. The van der Waals surface area contributed by atoms with Gasteiger partial charge < -0.3 is 0 Å². The van der Waals surface area contributed by atoms with E-state index >= 15 is 0 Å². The molecule has 0 radical (unpaired) electrons. The number of nitrogens with zero attached hydrogens (tertiary/aromatic N) is 1. The predicted octanol–water partition coefficient (Wildman–Crippen LogP) is 5.38. The van der Waals surface area contributed by atoms with E-state index in [4.69, 9.17) is 0 Å². The summed E-state index contributed by atoms with van der Waals surface area (Å²) in [5, 5.41) is 2.60. The van der Waals surface area contributed by atoms with Gasteiger partial charge in [0.2, 0.25) is 5.69 Å². The smallest absolute Gasteiger partial charge is 0.200 e. The van der Waals surface area contributed by atoms with Crippen LogP contribution in [0.3, 0.4) is 0 Å². The van der Waals surface area contributed by atoms with Gasteiger partial charge in [-0.05, 0) is 60.9 Å². The summed E-state index contributed by atoms with van der Waals surface area (Å²) in [5.41, 5.74) is 8.09. The van der Waals surface area contributed by atoms with E-state index in [2.05, 4.69) is 88.8 Å². The highest BCUT2D eigenvalue weighted by Crippen LogP contribution is 2.30. The molecular weight excluding hydrogens is 278 g/mol. The molecule has 0 atom stereocenters. The molecule has 0 saturated heterocycles. The van der Waals surface area contributed by atoms with Crippen molar-refractivity contribution in [3.8, 4) is 11.3 Å². The Morgan fingerprint density at radius 3 is 2.30 bits per heavy atom. The topological polar surface area (TPSA) is 3.88 Å². The van der Waals surface area contributed by atoms with Crippen molar-refractivity contribution in [3.63, 3.8) is 0 Å². The van der Waals surface area contributed by atoms with Crippen LogP contribution in [-0.2, 0) is 7.05 Å². The first-order chi connectivity index (χ1) is 10.9. The largest absolute Gasteiger partial charge is 0.213 e. The Kier molecular flexibility index (Phi) is 3.97. The molecule has 0 amide bonds. The number of rotatable bonds is 2. The van der Waals surface area contributed by atoms with Gasteiger partial charge in [-0.1, -0.05) is 37.6 Å². The fourth-order valence-electron chi connectivity index (χ4n) is 3.22. The van der Waals surface area contributed by atoms with Crippen molar-refractivity contribution in [2.45, 2.75) is 40.5 Å². The molecule has 0 aliphatic rings. The maximum absolute atomic E-state index is 2.37. The van der Waals surface area contributed by atoms with E-state index in [9.17, 15) is 0 Å². The fourth-order valence-corrected chi connectivity index (χ4v) is 3.22. The van der Waals surface area contributed by atoms with Gasteiger partial charge in [-0.25, -0.2) is 4.57 Å². The molecule has 0 aliphatic carbocycles. The molecule has 23 heavy (non-hydrogen) atoms. The van der Waals surface area contributed by atoms with Crippen LogP contribution < -0.4 is 4.57 Å². The Bertz CT molecular complexity index is 888. The summed E-state index contributed by atoms with van der Waals surface area (Å²) in [6.07, 6.45) is 2.24. The second-order valence-corrected chi connectivity index (χ2v) is 7.07. The van der Waals surface area contributed by atoms with E-state index in [1.165, 1.54) is 44.3 Å². The Morgan fingerprint density at radius 2 is 1.61 bits per heavy atom. The average molecular weight is 304 g/mol. The summed E-state index contributed by atoms with van der Waals surface area (Å²) in [6, 6.07) is 13.7. The number of aryl methyl sites for hydroxylation is 3. The van der Waals surface area contributed by atoms with Crippen LogP contribution in [-0.4, -0.2) is 0 Å². The minimum Gasteiger partial charge on any atom is -0.200 e. The van der Waals surface area contributed by atoms with Crippen LogP contribution >= 0.6 is 0 Å². The van der Waals surface area contributed by atoms with E-state index in [0.29, 0.717) is 5.92 Å². The first-order valence-corrected chi connectivity index (χ1v) is 8.38. The van der Waals surface area contributed by atoms with Crippen LogP contribution in [0.15, 0.2) is 42.6 Å². The van der Waals surface area contributed by atoms with E-state index in [1.54, 1.807) is 0 Å². The standard InChI is InChI=1S/C22H26N/c1-14(2)19-10-16(4)17(5)21(11-19)22-12-20-9-15(3)7-8-18(20)13-23(22)6/h7-14H,1-6H3/q+1. The summed E-state index contributed by atoms with van der Waals surface area (Å²) in [6.45, 7) is 11.1. The molecule has 0 aliphatic heterocycles. The van der Waals surface area contributed by atoms with Gasteiger partial charge in [0.25, 0.3) is 0 Å². The minimum atomic E-state index is 0.543. The van der Waals surface area contributed by atoms with Crippen LogP contribution in [0.25, 0.3) is 22.0 Å². The molecule has 1 heteroatoms. The molecule has 1 aromatic heterocycles. The Balaban J connectivity index is 2.29. The molecule has 2 aromatic carbocycles. The number of pyridine rings is 1. The molecule has 0 N–H and O–H groups in total. The van der Waals surface area contributed by atoms with Gasteiger partial charge in [0, 0.05) is 17.0 Å². The van der Waals surface area contributed by atoms with Crippen molar-refractivity contribution in [3.05, 3.63) is 64.8 Å². The second kappa shape index (κ2) is 5.81. The first-order valence-electron chi connectivity index (χ1n) is 8.38. The van der Waals surface area contributed by atoms with Crippen LogP contribution in [0.1, 0.15) is 42.0 Å². The third-order valence-electron chi connectivity index (χ3n) is 4.88. The molecule has 3 rings (SSSR count). The lowest BCUT2D eigenvalue weighted by Crippen LogP contribution is -2.30. The molecule has 0 unspecified atom stereocenters. The van der Waals surface area contributed by atoms with Crippen molar-refractivity contribution >= 4 is 10.8 Å². The van der Waals surface area contributed by atoms with Crippen LogP contribution in [0, 0.1) is 20.8 Å². The molecule has 1 nitrogen and oxygen atoms in total. The SMILES string of the molecule is Cc1ccc2c[n+](C)c(-c3cc(C(C)C)cc(C)c3C)cc2c1. The van der Waals surface area contributed by atoms with Crippen molar-refractivity contribution in [2.75, 3.05) is 0 Å². The van der Waals surface area contributed by atoms with Crippen LogP contribution in [0.4, 0.5) is 0 Å². The zero-order valence-corrected chi connectivity index (χ0v) is 15.1. The first kappa shape index (κ1) is 15.7. The zero-order chi connectivity index (χ0) is 16.7. The third kappa shape index (κ3) is 2.88. The lowest BCUT2D eigenvalue weighted by atomic mass is 9.92. The van der Waals surface area contributed by atoms with Crippen LogP contribution in [0.2, 0.25) is 0 Å². The number of hydrogen-bond acceptors (Lipinski definition) is 0. The average Bonchev–Trinajstić information content (AvgIpc) is 2.49. The summed E-state index contributed by atoms with van der Waals surface area (Å²) >= 11 is 0. The van der Waals surface area contributed by atoms with E-state index in [-0.39, 0.29) is 0 Å². The lowest BCUT2D eigenvalue weighted by Gasteiger charge is -2.14. The molecule has 1 heterocycles. The highest BCUT2D eigenvalue weighted by atomic mass is 14.9. The van der Waals surface area contributed by atoms with Gasteiger partial charge in [0.05, 0.1) is 0 Å². The highest BCUT2D eigenvalue weighted by molar-refractivity contribution is 5.85. The summed E-state index contributed by atoms with van der Waals surface area (Å²) in [5.74, 6) is 0.543. The number of hydrogen-bond donors (Lipinski definition) is 0. The summed E-state index contributed by atoms with van der Waals surface area (Å²) in [4.78, 5) is 0. The maximum atomic E-state index is 2.37. The molecule has 118 valence electrons. The van der Waals surface area contributed by atoms with Gasteiger partial charge >= 0.3 is 0 Å². The second-order valence-electron chi connectivity index (χ2n) is 7.07. The highest BCUT2D eigenvalue weighted by Gasteiger charge is 2.17. The monoisotopic (exact) mass is 304 g/mol. The zero-order valence-electron chi connectivity index (χ0n) is 15.1. The summed E-state index contributed by atoms with van der Waals surface area (Å²) in [7, 11) is 2.14. The third-order valence-corrected chi connectivity index (χ3v) is 4.88. The van der Waals surface area contributed by atoms with Gasteiger partial charge in [0.15, 0.2) is 6.20 Å². The predicted molar refractivity (Wildman–Crippen MR) is 98.9 cm³/mol. The number of aromatic nitrogens is 1. The van der Waals surface area contributed by atoms with Crippen molar-refractivity contribution in [2.24, 2.45) is 7.05 Å². The molecule has 0 spiro atoms. The molecular formula is C22H26N+. The quantitative estimate of drug-likeness (QED) is 0.560. The molecule has 3 aromatic rings. The van der Waals surface area contributed by atoms with E-state index in [0.717, 1.165) is 0 Å². The van der Waals surface area contributed by atoms with Crippen LogP contribution in [0.5, 0.6) is 0 Å².